The molecule has 1 heterocycles. The summed E-state index contributed by atoms with van der Waals surface area (Å²) in [5, 5.41) is 29.7. The molecule has 52 heavy (non-hydrogen) atoms. The highest BCUT2D eigenvalue weighted by Crippen LogP contribution is 2.41. The second-order valence-electron chi connectivity index (χ2n) is 12.0. The number of carboxylic acid groups (broad SMARTS) is 2. The molecule has 12 heteroatoms. The first-order valence-corrected chi connectivity index (χ1v) is 17.9. The normalized spacial score (nSPS) is 11.9. The first-order valence-electron chi connectivity index (χ1n) is 17.9. The van der Waals surface area contributed by atoms with Crippen LogP contribution >= 0.6 is 0 Å². The van der Waals surface area contributed by atoms with Crippen LogP contribution in [-0.2, 0) is 25.7 Å². The van der Waals surface area contributed by atoms with Gasteiger partial charge in [-0.25, -0.2) is 13.6 Å². The van der Waals surface area contributed by atoms with E-state index in [-0.39, 0.29) is 30.9 Å². The van der Waals surface area contributed by atoms with E-state index in [2.05, 4.69) is 5.32 Å². The summed E-state index contributed by atoms with van der Waals surface area (Å²) in [4.78, 5) is 46.9. The number of hydrogen-bond donors (Lipinski definition) is 4. The molecule has 2 amide bonds. The number of benzene rings is 2. The number of aliphatic hydroxyl groups is 1. The van der Waals surface area contributed by atoms with E-state index in [0.29, 0.717) is 17.8 Å². The molecule has 0 fully saturated rings. The lowest BCUT2D eigenvalue weighted by atomic mass is 9.82. The number of amides is 2. The van der Waals surface area contributed by atoms with Gasteiger partial charge in [0.15, 0.2) is 0 Å². The van der Waals surface area contributed by atoms with Gasteiger partial charge in [-0.15, -0.1) is 0 Å². The van der Waals surface area contributed by atoms with Gasteiger partial charge in [0, 0.05) is 36.1 Å². The third-order valence-electron chi connectivity index (χ3n) is 7.49. The molecule has 0 radical (unpaired) electrons. The van der Waals surface area contributed by atoms with Crippen LogP contribution < -0.4 is 5.32 Å². The summed E-state index contributed by atoms with van der Waals surface area (Å²) in [5.74, 6) is -4.00. The van der Waals surface area contributed by atoms with E-state index in [1.165, 1.54) is 4.90 Å². The van der Waals surface area contributed by atoms with E-state index in [1.807, 2.05) is 104 Å². The van der Waals surface area contributed by atoms with Crippen molar-refractivity contribution in [2.75, 3.05) is 13.2 Å². The predicted octanol–water partition coefficient (Wildman–Crippen LogP) is 8.17. The SMILES string of the molecule is CC.CC.CC.CC(C)(C)C(c1cc(-c2cc(F)ccc2F)cn1Cc1ccccc1)N(CCC(NC=O)C(=O)O)C(=O)CO.CC[C@@H](C)C(=O)O. The molecule has 2 aromatic carbocycles. The molecule has 3 rings (SSSR count). The van der Waals surface area contributed by atoms with Crippen LogP contribution in [0.25, 0.3) is 11.1 Å². The molecule has 0 spiro atoms. The molecule has 0 aliphatic carbocycles. The zero-order valence-corrected chi connectivity index (χ0v) is 32.7. The molecule has 0 saturated carbocycles. The standard InChI is InChI=1S/C29H33F2N3O5.C5H10O2.3C2H6/c1-29(2,3)27(34(26(37)17-35)12-11-24(28(38)39)32-18-36)25-13-20(22-14-21(30)9-10-23(22)31)16-33(25)15-19-7-5-4-6-8-19;1-3-4(2)5(6)7;3*1-2/h4-10,13-14,16,18,24,27,35H,11-12,15,17H2,1-3H3,(H,32,36)(H,38,39);4H,3H2,1-2H3,(H,6,7);3*1-2H3/t;4-;;;/m.1.../s1. The number of aromatic nitrogens is 1. The number of hydrogen-bond acceptors (Lipinski definition) is 5. The molecular weight excluding hydrogens is 672 g/mol. The van der Waals surface area contributed by atoms with Crippen LogP contribution in [0.5, 0.6) is 0 Å². The average Bonchev–Trinajstić information content (AvgIpc) is 3.54. The van der Waals surface area contributed by atoms with Crippen molar-refractivity contribution >= 4 is 24.3 Å². The monoisotopic (exact) mass is 733 g/mol. The van der Waals surface area contributed by atoms with Crippen molar-refractivity contribution in [3.63, 3.8) is 0 Å². The van der Waals surface area contributed by atoms with E-state index in [0.717, 1.165) is 30.2 Å². The molecule has 10 nitrogen and oxygen atoms in total. The number of carboxylic acids is 2. The van der Waals surface area contributed by atoms with Gasteiger partial charge < -0.3 is 30.1 Å². The molecule has 1 aromatic heterocycles. The Hall–Kier alpha value is -4.58. The fraction of sp³-hybridized carbons (Fsp3) is 0.500. The largest absolute Gasteiger partial charge is 0.481 e. The van der Waals surface area contributed by atoms with Crippen molar-refractivity contribution in [1.82, 2.24) is 14.8 Å². The summed E-state index contributed by atoms with van der Waals surface area (Å²) in [5.41, 5.74) is 1.31. The maximum absolute atomic E-state index is 14.8. The summed E-state index contributed by atoms with van der Waals surface area (Å²) in [6.07, 6.45) is 2.57. The maximum Gasteiger partial charge on any atom is 0.326 e. The summed E-state index contributed by atoms with van der Waals surface area (Å²) < 4.78 is 30.7. The summed E-state index contributed by atoms with van der Waals surface area (Å²) in [7, 11) is 0. The molecule has 4 N–H and O–H groups in total. The minimum absolute atomic E-state index is 0.0527. The number of halogens is 2. The molecule has 3 atom stereocenters. The van der Waals surface area contributed by atoms with Gasteiger partial charge in [-0.2, -0.15) is 0 Å². The minimum Gasteiger partial charge on any atom is -0.481 e. The smallest absolute Gasteiger partial charge is 0.326 e. The molecule has 0 saturated heterocycles. The summed E-state index contributed by atoms with van der Waals surface area (Å²) in [6, 6.07) is 12.4. The van der Waals surface area contributed by atoms with Gasteiger partial charge in [0.2, 0.25) is 12.3 Å². The van der Waals surface area contributed by atoms with Crippen LogP contribution in [0.2, 0.25) is 0 Å². The molecule has 3 aromatic rings. The molecule has 0 bridgehead atoms. The first-order chi connectivity index (χ1) is 24.6. The Labute approximate surface area is 308 Å². The van der Waals surface area contributed by atoms with Gasteiger partial charge in [-0.1, -0.05) is 106 Å². The zero-order chi connectivity index (χ0) is 40.6. The Morgan fingerprint density at radius 1 is 0.923 bits per heavy atom. The number of aliphatic hydroxyl groups excluding tert-OH is 1. The van der Waals surface area contributed by atoms with Gasteiger partial charge in [-0.05, 0) is 48.1 Å². The van der Waals surface area contributed by atoms with Crippen molar-refractivity contribution in [2.45, 2.75) is 108 Å². The molecule has 0 aliphatic rings. The van der Waals surface area contributed by atoms with Crippen LogP contribution in [0.15, 0.2) is 60.8 Å². The van der Waals surface area contributed by atoms with Gasteiger partial charge in [0.25, 0.3) is 0 Å². The Morgan fingerprint density at radius 3 is 1.94 bits per heavy atom. The minimum atomic E-state index is -1.26. The van der Waals surface area contributed by atoms with Crippen LogP contribution in [-0.4, -0.2) is 68.2 Å². The lowest BCUT2D eigenvalue weighted by Crippen LogP contribution is -2.46. The Kier molecular flexibility index (Phi) is 25.0. The van der Waals surface area contributed by atoms with E-state index in [4.69, 9.17) is 5.11 Å². The van der Waals surface area contributed by atoms with Crippen LogP contribution in [0.1, 0.15) is 106 Å². The van der Waals surface area contributed by atoms with Gasteiger partial charge in [-0.3, -0.25) is 14.4 Å². The van der Waals surface area contributed by atoms with Crippen LogP contribution in [0.3, 0.4) is 0 Å². The molecular formula is C40H61F2N3O7. The van der Waals surface area contributed by atoms with E-state index >= 15 is 0 Å². The number of rotatable bonds is 14. The van der Waals surface area contributed by atoms with Crippen molar-refractivity contribution in [3.05, 3.63) is 83.7 Å². The second-order valence-corrected chi connectivity index (χ2v) is 12.0. The van der Waals surface area contributed by atoms with Gasteiger partial charge in [0.1, 0.15) is 24.3 Å². The highest BCUT2D eigenvalue weighted by Gasteiger charge is 2.37. The predicted molar refractivity (Wildman–Crippen MR) is 203 cm³/mol. The number of nitrogens with zero attached hydrogens (tertiary/aromatic N) is 2. The Bertz CT molecular complexity index is 1470. The van der Waals surface area contributed by atoms with Crippen molar-refractivity contribution < 1.29 is 43.3 Å². The van der Waals surface area contributed by atoms with E-state index in [9.17, 15) is 38.2 Å². The molecule has 292 valence electrons. The molecule has 0 aliphatic heterocycles. The highest BCUT2D eigenvalue weighted by molar-refractivity contribution is 5.79. The van der Waals surface area contributed by atoms with E-state index in [1.54, 1.807) is 19.2 Å². The van der Waals surface area contributed by atoms with Gasteiger partial charge >= 0.3 is 11.9 Å². The number of carbonyl (C=O) groups excluding carboxylic acids is 2. The zero-order valence-electron chi connectivity index (χ0n) is 32.7. The van der Waals surface area contributed by atoms with E-state index < -0.39 is 53.6 Å². The lowest BCUT2D eigenvalue weighted by molar-refractivity contribution is -0.143. The van der Waals surface area contributed by atoms with Gasteiger partial charge in [0.05, 0.1) is 12.0 Å². The maximum atomic E-state index is 14.8. The lowest BCUT2D eigenvalue weighted by Gasteiger charge is -2.41. The third-order valence-corrected chi connectivity index (χ3v) is 7.49. The van der Waals surface area contributed by atoms with Crippen LogP contribution in [0, 0.1) is 23.0 Å². The van der Waals surface area contributed by atoms with Crippen molar-refractivity contribution in [3.8, 4) is 11.1 Å². The number of carbonyl (C=O) groups is 4. The van der Waals surface area contributed by atoms with Crippen molar-refractivity contribution in [1.29, 1.82) is 0 Å². The third kappa shape index (κ3) is 16.2. The quantitative estimate of drug-likeness (QED) is 0.122. The highest BCUT2D eigenvalue weighted by atomic mass is 19.1. The fourth-order valence-electron chi connectivity index (χ4n) is 4.90. The summed E-state index contributed by atoms with van der Waals surface area (Å²) >= 11 is 0. The Balaban J connectivity index is 0. The topological polar surface area (TPSA) is 149 Å². The Morgan fingerprint density at radius 2 is 1.50 bits per heavy atom. The molecule has 2 unspecified atom stereocenters. The number of aliphatic carboxylic acids is 2. The average molecular weight is 734 g/mol. The first kappa shape index (κ1) is 49.5. The number of nitrogens with one attached hydrogen (secondary N) is 1. The fourth-order valence-corrected chi connectivity index (χ4v) is 4.90. The van der Waals surface area contributed by atoms with Crippen LogP contribution in [0.4, 0.5) is 8.78 Å². The van der Waals surface area contributed by atoms with Crippen molar-refractivity contribution in [2.24, 2.45) is 11.3 Å². The summed E-state index contributed by atoms with van der Waals surface area (Å²) in [6.45, 7) is 20.6. The second kappa shape index (κ2) is 26.2.